The van der Waals surface area contributed by atoms with Gasteiger partial charge in [0.15, 0.2) is 0 Å². The van der Waals surface area contributed by atoms with Crippen LogP contribution in [-0.2, 0) is 4.79 Å². The summed E-state index contributed by atoms with van der Waals surface area (Å²) in [4.78, 5) is 15.9. The number of likely N-dealkylation sites (tertiary alicyclic amines) is 1. The van der Waals surface area contributed by atoms with Crippen LogP contribution in [0.4, 0.5) is 0 Å². The lowest BCUT2D eigenvalue weighted by atomic mass is 9.68. The summed E-state index contributed by atoms with van der Waals surface area (Å²) >= 11 is 0. The maximum absolute atomic E-state index is 11.3. The van der Waals surface area contributed by atoms with Gasteiger partial charge in [-0.1, -0.05) is 6.42 Å². The van der Waals surface area contributed by atoms with Crippen LogP contribution >= 0.6 is 0 Å². The second kappa shape index (κ2) is 5.57. The van der Waals surface area contributed by atoms with Crippen molar-refractivity contribution in [3.8, 4) is 0 Å². The van der Waals surface area contributed by atoms with E-state index < -0.39 is 11.4 Å². The Morgan fingerprint density at radius 3 is 2.67 bits per heavy atom. The topological polar surface area (TPSA) is 43.8 Å². The highest BCUT2D eigenvalue weighted by molar-refractivity contribution is 5.76. The van der Waals surface area contributed by atoms with Crippen molar-refractivity contribution in [2.24, 2.45) is 11.3 Å². The smallest absolute Gasteiger partial charge is 0.310 e. The molecule has 104 valence electrons. The number of hydrogen-bond donors (Lipinski definition) is 1. The molecule has 1 heterocycles. The van der Waals surface area contributed by atoms with Crippen molar-refractivity contribution < 1.29 is 9.90 Å². The monoisotopic (exact) mass is 254 g/mol. The highest BCUT2D eigenvalue weighted by Gasteiger charge is 2.44. The van der Waals surface area contributed by atoms with Crippen LogP contribution in [0.5, 0.6) is 0 Å². The van der Waals surface area contributed by atoms with E-state index in [9.17, 15) is 9.90 Å². The third-order valence-electron chi connectivity index (χ3n) is 4.74. The third kappa shape index (κ3) is 3.04. The van der Waals surface area contributed by atoms with Gasteiger partial charge in [0.2, 0.25) is 0 Å². The van der Waals surface area contributed by atoms with E-state index in [1.807, 2.05) is 0 Å². The summed E-state index contributed by atoms with van der Waals surface area (Å²) < 4.78 is 0. The van der Waals surface area contributed by atoms with Crippen molar-refractivity contribution in [2.45, 2.75) is 32.1 Å². The van der Waals surface area contributed by atoms with Crippen LogP contribution in [0.25, 0.3) is 0 Å². The highest BCUT2D eigenvalue weighted by Crippen LogP contribution is 2.41. The largest absolute Gasteiger partial charge is 0.481 e. The molecule has 0 bridgehead atoms. The van der Waals surface area contributed by atoms with E-state index >= 15 is 0 Å². The summed E-state index contributed by atoms with van der Waals surface area (Å²) in [5.41, 5.74) is -0.429. The first-order valence-corrected chi connectivity index (χ1v) is 7.12. The first kappa shape index (κ1) is 13.8. The fourth-order valence-electron chi connectivity index (χ4n) is 3.30. The van der Waals surface area contributed by atoms with Crippen LogP contribution in [0.1, 0.15) is 32.1 Å². The van der Waals surface area contributed by atoms with Crippen LogP contribution < -0.4 is 0 Å². The molecule has 1 atom stereocenters. The van der Waals surface area contributed by atoms with Gasteiger partial charge in [0.1, 0.15) is 0 Å². The number of rotatable bonds is 6. The minimum Gasteiger partial charge on any atom is -0.481 e. The number of carboxylic acid groups (broad SMARTS) is 1. The third-order valence-corrected chi connectivity index (χ3v) is 4.74. The second-order valence-electron chi connectivity index (χ2n) is 6.38. The van der Waals surface area contributed by atoms with Gasteiger partial charge in [-0.25, -0.2) is 0 Å². The molecule has 1 saturated heterocycles. The molecule has 0 aromatic rings. The predicted molar refractivity (Wildman–Crippen MR) is 71.6 cm³/mol. The van der Waals surface area contributed by atoms with Gasteiger partial charge in [0, 0.05) is 13.1 Å². The van der Waals surface area contributed by atoms with Gasteiger partial charge in [0.05, 0.1) is 5.41 Å². The maximum Gasteiger partial charge on any atom is 0.310 e. The molecular formula is C14H26N2O2. The zero-order valence-corrected chi connectivity index (χ0v) is 11.7. The standard InChI is InChI=1S/C14H26N2O2/c1-15-8-4-12(10-15)5-9-16(2)11-14(13(17)18)6-3-7-14/h12H,3-11H2,1-2H3,(H,17,18). The Balaban J connectivity index is 1.71. The molecular weight excluding hydrogens is 228 g/mol. The molecule has 18 heavy (non-hydrogen) atoms. The minimum atomic E-state index is -0.596. The molecule has 1 saturated carbocycles. The van der Waals surface area contributed by atoms with Gasteiger partial charge >= 0.3 is 5.97 Å². The van der Waals surface area contributed by atoms with E-state index in [2.05, 4.69) is 23.9 Å². The fourth-order valence-corrected chi connectivity index (χ4v) is 3.30. The molecule has 4 heteroatoms. The van der Waals surface area contributed by atoms with E-state index in [1.165, 1.54) is 25.9 Å². The van der Waals surface area contributed by atoms with Crippen molar-refractivity contribution in [2.75, 3.05) is 40.3 Å². The van der Waals surface area contributed by atoms with Crippen molar-refractivity contribution in [1.82, 2.24) is 9.80 Å². The van der Waals surface area contributed by atoms with E-state index in [0.717, 1.165) is 38.3 Å². The Morgan fingerprint density at radius 1 is 1.50 bits per heavy atom. The Bertz CT molecular complexity index is 302. The summed E-state index contributed by atoms with van der Waals surface area (Å²) in [5.74, 6) is 0.209. The normalized spacial score (nSPS) is 27.4. The Morgan fingerprint density at radius 2 is 2.22 bits per heavy atom. The summed E-state index contributed by atoms with van der Waals surface area (Å²) in [5, 5.41) is 9.31. The van der Waals surface area contributed by atoms with Gasteiger partial charge in [0.25, 0.3) is 0 Å². The molecule has 0 amide bonds. The fraction of sp³-hybridized carbons (Fsp3) is 0.929. The Labute approximate surface area is 110 Å². The van der Waals surface area contributed by atoms with Crippen molar-refractivity contribution in [3.63, 3.8) is 0 Å². The molecule has 1 unspecified atom stereocenters. The number of nitrogens with zero attached hydrogens (tertiary/aromatic N) is 2. The van der Waals surface area contributed by atoms with E-state index in [4.69, 9.17) is 0 Å². The summed E-state index contributed by atoms with van der Waals surface area (Å²) in [7, 11) is 4.25. The molecule has 1 aliphatic carbocycles. The molecule has 0 radical (unpaired) electrons. The summed E-state index contributed by atoms with van der Waals surface area (Å²) in [6.45, 7) is 4.18. The molecule has 0 aromatic carbocycles. The lowest BCUT2D eigenvalue weighted by Gasteiger charge is -2.40. The summed E-state index contributed by atoms with van der Waals surface area (Å²) in [6.07, 6.45) is 5.30. The van der Waals surface area contributed by atoms with Crippen molar-refractivity contribution >= 4 is 5.97 Å². The van der Waals surface area contributed by atoms with Crippen molar-refractivity contribution in [1.29, 1.82) is 0 Å². The molecule has 0 spiro atoms. The molecule has 1 aliphatic heterocycles. The summed E-state index contributed by atoms with van der Waals surface area (Å²) in [6, 6.07) is 0. The Kier molecular flexibility index (Phi) is 4.28. The van der Waals surface area contributed by atoms with E-state index in [0.29, 0.717) is 0 Å². The molecule has 2 fully saturated rings. The van der Waals surface area contributed by atoms with Crippen LogP contribution in [-0.4, -0.2) is 61.2 Å². The average molecular weight is 254 g/mol. The molecule has 2 rings (SSSR count). The van der Waals surface area contributed by atoms with Crippen LogP contribution in [0, 0.1) is 11.3 Å². The zero-order chi connectivity index (χ0) is 13.2. The SMILES string of the molecule is CN1CCC(CCN(C)CC2(C(=O)O)CCC2)C1. The number of carbonyl (C=O) groups is 1. The van der Waals surface area contributed by atoms with Gasteiger partial charge in [-0.3, -0.25) is 4.79 Å². The second-order valence-corrected chi connectivity index (χ2v) is 6.38. The first-order valence-electron chi connectivity index (χ1n) is 7.12. The van der Waals surface area contributed by atoms with E-state index in [1.54, 1.807) is 0 Å². The number of aliphatic carboxylic acids is 1. The van der Waals surface area contributed by atoms with Gasteiger partial charge < -0.3 is 14.9 Å². The lowest BCUT2D eigenvalue weighted by molar-refractivity contribution is -0.156. The highest BCUT2D eigenvalue weighted by atomic mass is 16.4. The van der Waals surface area contributed by atoms with Gasteiger partial charge in [-0.05, 0) is 58.8 Å². The van der Waals surface area contributed by atoms with Gasteiger partial charge in [-0.15, -0.1) is 0 Å². The van der Waals surface area contributed by atoms with E-state index in [-0.39, 0.29) is 0 Å². The molecule has 4 nitrogen and oxygen atoms in total. The minimum absolute atomic E-state index is 0.429. The molecule has 2 aliphatic rings. The molecule has 1 N–H and O–H groups in total. The zero-order valence-electron chi connectivity index (χ0n) is 11.7. The van der Waals surface area contributed by atoms with Crippen molar-refractivity contribution in [3.05, 3.63) is 0 Å². The molecule has 0 aromatic heterocycles. The predicted octanol–water partition coefficient (Wildman–Crippen LogP) is 1.51. The van der Waals surface area contributed by atoms with Crippen LogP contribution in [0.3, 0.4) is 0 Å². The average Bonchev–Trinajstić information content (AvgIpc) is 2.66. The number of hydrogen-bond acceptors (Lipinski definition) is 3. The maximum atomic E-state index is 11.3. The number of carboxylic acids is 1. The first-order chi connectivity index (χ1) is 8.52. The van der Waals surface area contributed by atoms with Gasteiger partial charge in [-0.2, -0.15) is 0 Å². The Hall–Kier alpha value is -0.610. The van der Waals surface area contributed by atoms with Crippen LogP contribution in [0.15, 0.2) is 0 Å². The lowest BCUT2D eigenvalue weighted by Crippen LogP contribution is -2.47. The van der Waals surface area contributed by atoms with Crippen LogP contribution in [0.2, 0.25) is 0 Å². The quantitative estimate of drug-likeness (QED) is 0.780.